The van der Waals surface area contributed by atoms with Gasteiger partial charge in [-0.3, -0.25) is 0 Å². The lowest BCUT2D eigenvalue weighted by Gasteiger charge is -2.30. The summed E-state index contributed by atoms with van der Waals surface area (Å²) in [5.74, 6) is 0. The minimum absolute atomic E-state index is 0.0740. The molecule has 0 atom stereocenters. The van der Waals surface area contributed by atoms with Gasteiger partial charge >= 0.3 is 0 Å². The summed E-state index contributed by atoms with van der Waals surface area (Å²) in [6.07, 6.45) is 22.3. The molecule has 0 fully saturated rings. The van der Waals surface area contributed by atoms with Gasteiger partial charge in [-0.05, 0) is 43.7 Å². The topological polar surface area (TPSA) is 28.6 Å². The summed E-state index contributed by atoms with van der Waals surface area (Å²) in [6, 6.07) is 8.83. The highest BCUT2D eigenvalue weighted by Gasteiger charge is 2.25. The van der Waals surface area contributed by atoms with Crippen LogP contribution >= 0.6 is 0 Å². The van der Waals surface area contributed by atoms with E-state index in [2.05, 4.69) is 132 Å². The van der Waals surface area contributed by atoms with Crippen molar-refractivity contribution >= 4 is 5.69 Å². The molecule has 2 heteroatoms. The zero-order chi connectivity index (χ0) is 27.5. The van der Waals surface area contributed by atoms with Crippen molar-refractivity contribution in [2.75, 3.05) is 13.1 Å². The van der Waals surface area contributed by atoms with E-state index < -0.39 is 0 Å². The quantitative estimate of drug-likeness (QED) is 0.186. The van der Waals surface area contributed by atoms with Gasteiger partial charge in [0.25, 0.3) is 0 Å². The number of nitrogens with two attached hydrogens (primary N) is 1. The fourth-order valence-corrected chi connectivity index (χ4v) is 3.81. The molecule has 1 aromatic carbocycles. The van der Waals surface area contributed by atoms with Crippen LogP contribution in [-0.2, 0) is 5.41 Å². The predicted molar refractivity (Wildman–Crippen MR) is 164 cm³/mol. The van der Waals surface area contributed by atoms with Gasteiger partial charge in [0.15, 0.2) is 0 Å². The molecule has 0 aliphatic heterocycles. The highest BCUT2D eigenvalue weighted by molar-refractivity contribution is 5.44. The van der Waals surface area contributed by atoms with Crippen LogP contribution in [-0.4, -0.2) is 13.1 Å². The molecule has 0 heterocycles. The highest BCUT2D eigenvalue weighted by Crippen LogP contribution is 2.33. The van der Waals surface area contributed by atoms with Crippen LogP contribution < -0.4 is 10.6 Å². The average molecular weight is 492 g/mol. The Balaban J connectivity index is 0.00000596. The van der Waals surface area contributed by atoms with Crippen LogP contribution in [0.5, 0.6) is 0 Å². The molecule has 2 nitrogen and oxygen atoms in total. The number of hydrogen-bond acceptors (Lipinski definition) is 1. The summed E-state index contributed by atoms with van der Waals surface area (Å²) in [7, 11) is 0. The monoisotopic (exact) mass is 491 g/mol. The Morgan fingerprint density at radius 2 is 1.58 bits per heavy atom. The lowest BCUT2D eigenvalue weighted by Crippen LogP contribution is -2.78. The normalized spacial score (nSPS) is 13.4. The summed E-state index contributed by atoms with van der Waals surface area (Å²) in [5, 5.41) is 6.01. The Hall–Kier alpha value is -2.58. The molecular formula is C34H55N2+. The largest absolute Gasteiger partial charge is 0.388 e. The van der Waals surface area contributed by atoms with Crippen molar-refractivity contribution in [3.63, 3.8) is 0 Å². The maximum Gasteiger partial charge on any atom is 0.133 e. The molecule has 3 N–H and O–H groups in total. The van der Waals surface area contributed by atoms with E-state index in [1.54, 1.807) is 6.08 Å². The first kappa shape index (κ1) is 33.4. The van der Waals surface area contributed by atoms with Crippen LogP contribution in [0.25, 0.3) is 0 Å². The summed E-state index contributed by atoms with van der Waals surface area (Å²) in [4.78, 5) is 0. The number of benzene rings is 1. The van der Waals surface area contributed by atoms with E-state index in [4.69, 9.17) is 0 Å². The van der Waals surface area contributed by atoms with Crippen LogP contribution in [0, 0.1) is 5.41 Å². The fourth-order valence-electron chi connectivity index (χ4n) is 3.81. The molecule has 0 amide bonds. The van der Waals surface area contributed by atoms with Gasteiger partial charge in [-0.1, -0.05) is 134 Å². The molecule has 1 rings (SSSR count). The fraction of sp³-hybridized carbons (Fsp3) is 0.471. The molecule has 1 aromatic rings. The zero-order valence-electron chi connectivity index (χ0n) is 24.8. The molecule has 0 saturated carbocycles. The van der Waals surface area contributed by atoms with Gasteiger partial charge in [0.2, 0.25) is 0 Å². The molecule has 0 aromatic heterocycles. The van der Waals surface area contributed by atoms with Crippen molar-refractivity contribution in [3.8, 4) is 0 Å². The second-order valence-electron chi connectivity index (χ2n) is 10.1. The van der Waals surface area contributed by atoms with Crippen LogP contribution in [0.4, 0.5) is 5.69 Å². The van der Waals surface area contributed by atoms with Crippen LogP contribution in [0.1, 0.15) is 87.1 Å². The predicted octanol–water partition coefficient (Wildman–Crippen LogP) is 8.70. The number of rotatable bonds is 15. The average Bonchev–Trinajstić information content (AvgIpc) is 2.87. The van der Waals surface area contributed by atoms with E-state index in [0.29, 0.717) is 0 Å². The Bertz CT molecular complexity index is 892. The molecule has 200 valence electrons. The molecule has 0 bridgehead atoms. The Morgan fingerprint density at radius 1 is 0.917 bits per heavy atom. The Kier molecular flexibility index (Phi) is 17.3. The maximum atomic E-state index is 3.75. The van der Waals surface area contributed by atoms with Gasteiger partial charge in [0.1, 0.15) is 5.69 Å². The number of allylic oxidation sites excluding steroid dienone is 10. The van der Waals surface area contributed by atoms with Crippen LogP contribution in [0.15, 0.2) is 96.8 Å². The zero-order valence-corrected chi connectivity index (χ0v) is 24.8. The summed E-state index contributed by atoms with van der Waals surface area (Å²) < 4.78 is 0. The van der Waals surface area contributed by atoms with Crippen molar-refractivity contribution in [2.24, 2.45) is 5.41 Å². The van der Waals surface area contributed by atoms with E-state index in [9.17, 15) is 0 Å². The third kappa shape index (κ3) is 11.9. The summed E-state index contributed by atoms with van der Waals surface area (Å²) >= 11 is 0. The molecule has 0 aliphatic carbocycles. The molecule has 0 spiro atoms. The molecule has 0 aliphatic rings. The minimum Gasteiger partial charge on any atom is -0.388 e. The van der Waals surface area contributed by atoms with Gasteiger partial charge < -0.3 is 10.6 Å². The van der Waals surface area contributed by atoms with Crippen molar-refractivity contribution in [3.05, 3.63) is 102 Å². The van der Waals surface area contributed by atoms with Crippen molar-refractivity contribution in [1.29, 1.82) is 0 Å². The first-order valence-corrected chi connectivity index (χ1v) is 13.9. The third-order valence-corrected chi connectivity index (χ3v) is 6.41. The molecule has 36 heavy (non-hydrogen) atoms. The maximum absolute atomic E-state index is 3.75. The SMILES string of the molecule is C=C/C=C\C=C(/C)C(C)(C)\C(=C/C=C/C=C/CC(C)(C)c1ccccc1[NH2+]CCC)NCCC.CC. The lowest BCUT2D eigenvalue weighted by atomic mass is 9.80. The molecule has 0 saturated heterocycles. The lowest BCUT2D eigenvalue weighted by molar-refractivity contribution is -0.572. The number of nitrogens with one attached hydrogen (secondary N) is 1. The molecular weight excluding hydrogens is 436 g/mol. The van der Waals surface area contributed by atoms with Crippen molar-refractivity contribution < 1.29 is 5.32 Å². The molecule has 0 radical (unpaired) electrons. The van der Waals surface area contributed by atoms with E-state index in [1.165, 1.54) is 28.9 Å². The second kappa shape index (κ2) is 18.7. The smallest absolute Gasteiger partial charge is 0.133 e. The summed E-state index contributed by atoms with van der Waals surface area (Å²) in [6.45, 7) is 25.7. The number of quaternary nitrogens is 1. The van der Waals surface area contributed by atoms with E-state index >= 15 is 0 Å². The number of hydrogen-bond donors (Lipinski definition) is 2. The van der Waals surface area contributed by atoms with Gasteiger partial charge in [0.05, 0.1) is 6.54 Å². The Morgan fingerprint density at radius 3 is 2.22 bits per heavy atom. The van der Waals surface area contributed by atoms with Crippen molar-refractivity contribution in [2.45, 2.75) is 87.0 Å². The highest BCUT2D eigenvalue weighted by atomic mass is 14.9. The van der Waals surface area contributed by atoms with Gasteiger partial charge in [-0.25, -0.2) is 0 Å². The van der Waals surface area contributed by atoms with Crippen LogP contribution in [0.2, 0.25) is 0 Å². The van der Waals surface area contributed by atoms with Gasteiger partial charge in [0, 0.05) is 23.2 Å². The van der Waals surface area contributed by atoms with Crippen molar-refractivity contribution in [1.82, 2.24) is 5.32 Å². The van der Waals surface area contributed by atoms with E-state index in [0.717, 1.165) is 25.9 Å². The number of para-hydroxylation sites is 1. The summed E-state index contributed by atoms with van der Waals surface area (Å²) in [5.41, 5.74) is 5.37. The molecule has 0 unspecified atom stereocenters. The van der Waals surface area contributed by atoms with Gasteiger partial charge in [-0.15, -0.1) is 0 Å². The first-order chi connectivity index (χ1) is 17.2. The first-order valence-electron chi connectivity index (χ1n) is 13.9. The van der Waals surface area contributed by atoms with Gasteiger partial charge in [-0.2, -0.15) is 0 Å². The van der Waals surface area contributed by atoms with E-state index in [1.807, 2.05) is 19.9 Å². The second-order valence-corrected chi connectivity index (χ2v) is 10.1. The van der Waals surface area contributed by atoms with Crippen LogP contribution in [0.3, 0.4) is 0 Å². The Labute approximate surface area is 224 Å². The minimum atomic E-state index is -0.0740. The van der Waals surface area contributed by atoms with E-state index in [-0.39, 0.29) is 10.8 Å². The standard InChI is InChI=1S/C32H48N2.C2H6/c1-9-12-15-20-27(4)32(7,8)30(34-26-11-3)23-16-13-14-19-24-31(5,6)28-21-17-18-22-29(28)33-25-10-2;1-2/h9,12-23,33-34H,1,10-11,24-26H2,2-8H3;1-2H3/p+1/b15-12-,16-13+,19-14+,27-20+,30-23+;. The third-order valence-electron chi connectivity index (χ3n) is 6.41.